The smallest absolute Gasteiger partial charge is 0.123 e. The van der Waals surface area contributed by atoms with Crippen molar-refractivity contribution in [2.75, 3.05) is 6.54 Å². The molecule has 1 unspecified atom stereocenters. The van der Waals surface area contributed by atoms with Crippen LogP contribution < -0.4 is 5.73 Å². The molecule has 0 aromatic heterocycles. The van der Waals surface area contributed by atoms with Crippen LogP contribution in [0.25, 0.3) is 0 Å². The van der Waals surface area contributed by atoms with E-state index in [1.54, 1.807) is 12.1 Å². The van der Waals surface area contributed by atoms with Gasteiger partial charge < -0.3 is 5.73 Å². The number of benzene rings is 1. The van der Waals surface area contributed by atoms with E-state index >= 15 is 0 Å². The van der Waals surface area contributed by atoms with Crippen molar-refractivity contribution < 1.29 is 4.39 Å². The number of rotatable bonds is 4. The molecule has 1 aromatic rings. The van der Waals surface area contributed by atoms with E-state index in [1.807, 2.05) is 6.07 Å². The molecule has 0 saturated heterocycles. The summed E-state index contributed by atoms with van der Waals surface area (Å²) in [5, 5.41) is 0. The van der Waals surface area contributed by atoms with Crippen molar-refractivity contribution in [1.29, 1.82) is 0 Å². The molecule has 1 atom stereocenters. The van der Waals surface area contributed by atoms with Gasteiger partial charge in [0.25, 0.3) is 0 Å². The van der Waals surface area contributed by atoms with Crippen molar-refractivity contribution in [3.05, 3.63) is 35.6 Å². The van der Waals surface area contributed by atoms with Crippen LogP contribution in [0.3, 0.4) is 0 Å². The third kappa shape index (κ3) is 2.81. The fraction of sp³-hybridized carbons (Fsp3) is 0.455. The summed E-state index contributed by atoms with van der Waals surface area (Å²) >= 11 is 0. The predicted molar refractivity (Wildman–Crippen MR) is 53.1 cm³/mol. The lowest BCUT2D eigenvalue weighted by atomic mass is 9.95. The van der Waals surface area contributed by atoms with E-state index < -0.39 is 0 Å². The minimum absolute atomic E-state index is 0.174. The summed E-state index contributed by atoms with van der Waals surface area (Å²) in [5.41, 5.74) is 6.64. The highest BCUT2D eigenvalue weighted by molar-refractivity contribution is 5.20. The molecule has 1 rings (SSSR count). The van der Waals surface area contributed by atoms with Gasteiger partial charge >= 0.3 is 0 Å². The fourth-order valence-corrected chi connectivity index (χ4v) is 1.53. The molecule has 0 aliphatic rings. The van der Waals surface area contributed by atoms with Gasteiger partial charge in [0.15, 0.2) is 0 Å². The Morgan fingerprint density at radius 2 is 2.23 bits per heavy atom. The average Bonchev–Trinajstić information content (AvgIpc) is 2.14. The summed E-state index contributed by atoms with van der Waals surface area (Å²) in [5.74, 6) is 0.132. The maximum atomic E-state index is 12.9. The molecule has 1 aromatic carbocycles. The van der Waals surface area contributed by atoms with Gasteiger partial charge in [-0.25, -0.2) is 4.39 Å². The van der Waals surface area contributed by atoms with Gasteiger partial charge in [-0.1, -0.05) is 25.5 Å². The maximum absolute atomic E-state index is 12.9. The van der Waals surface area contributed by atoms with Crippen LogP contribution in [-0.4, -0.2) is 6.54 Å². The number of hydrogen-bond donors (Lipinski definition) is 1. The summed E-state index contributed by atoms with van der Waals surface area (Å²) in [6.45, 7) is 2.71. The van der Waals surface area contributed by atoms with Crippen LogP contribution in [0.2, 0.25) is 0 Å². The molecular weight excluding hydrogens is 165 g/mol. The molecule has 1 nitrogen and oxygen atoms in total. The average molecular weight is 181 g/mol. The van der Waals surface area contributed by atoms with Crippen LogP contribution in [0.4, 0.5) is 4.39 Å². The Morgan fingerprint density at radius 1 is 1.46 bits per heavy atom. The molecule has 0 heterocycles. The molecule has 0 amide bonds. The Labute approximate surface area is 78.8 Å². The highest BCUT2D eigenvalue weighted by Crippen LogP contribution is 2.20. The van der Waals surface area contributed by atoms with E-state index in [9.17, 15) is 4.39 Å². The van der Waals surface area contributed by atoms with Crippen LogP contribution in [0, 0.1) is 5.82 Å². The Kier molecular flexibility index (Phi) is 3.90. The first-order chi connectivity index (χ1) is 6.27. The largest absolute Gasteiger partial charge is 0.330 e. The minimum atomic E-state index is -0.174. The van der Waals surface area contributed by atoms with Gasteiger partial charge in [0.2, 0.25) is 0 Å². The van der Waals surface area contributed by atoms with E-state index in [4.69, 9.17) is 5.73 Å². The van der Waals surface area contributed by atoms with Gasteiger partial charge in [-0.05, 0) is 36.6 Å². The van der Waals surface area contributed by atoms with Gasteiger partial charge in [0.05, 0.1) is 0 Å². The number of nitrogens with two attached hydrogens (primary N) is 1. The SMILES string of the molecule is CCCC(CN)c1cccc(F)c1. The van der Waals surface area contributed by atoms with Crippen LogP contribution in [0.1, 0.15) is 31.2 Å². The molecule has 0 saturated carbocycles. The zero-order chi connectivity index (χ0) is 9.68. The minimum Gasteiger partial charge on any atom is -0.330 e. The van der Waals surface area contributed by atoms with E-state index in [1.165, 1.54) is 6.07 Å². The molecule has 0 aliphatic heterocycles. The summed E-state index contributed by atoms with van der Waals surface area (Å²) in [6, 6.07) is 6.72. The Hall–Kier alpha value is -0.890. The Bertz CT molecular complexity index is 260. The first-order valence-electron chi connectivity index (χ1n) is 4.73. The maximum Gasteiger partial charge on any atom is 0.123 e. The van der Waals surface area contributed by atoms with Gasteiger partial charge in [-0.3, -0.25) is 0 Å². The van der Waals surface area contributed by atoms with Crippen LogP contribution in [0.5, 0.6) is 0 Å². The zero-order valence-corrected chi connectivity index (χ0v) is 7.96. The normalized spacial score (nSPS) is 12.8. The quantitative estimate of drug-likeness (QED) is 0.759. The summed E-state index contributed by atoms with van der Waals surface area (Å²) < 4.78 is 12.9. The number of hydrogen-bond acceptors (Lipinski definition) is 1. The number of halogens is 1. The summed E-state index contributed by atoms with van der Waals surface area (Å²) in [4.78, 5) is 0. The van der Waals surface area contributed by atoms with Gasteiger partial charge in [0, 0.05) is 0 Å². The topological polar surface area (TPSA) is 26.0 Å². The zero-order valence-electron chi connectivity index (χ0n) is 7.96. The molecule has 2 N–H and O–H groups in total. The molecule has 0 aliphatic carbocycles. The van der Waals surface area contributed by atoms with Gasteiger partial charge in [-0.15, -0.1) is 0 Å². The highest BCUT2D eigenvalue weighted by atomic mass is 19.1. The fourth-order valence-electron chi connectivity index (χ4n) is 1.53. The highest BCUT2D eigenvalue weighted by Gasteiger charge is 2.08. The molecular formula is C11H16FN. The van der Waals surface area contributed by atoms with Gasteiger partial charge in [0.1, 0.15) is 5.82 Å². The molecule has 0 spiro atoms. The third-order valence-corrected chi connectivity index (χ3v) is 2.24. The second-order valence-corrected chi connectivity index (χ2v) is 3.28. The molecule has 0 bridgehead atoms. The lowest BCUT2D eigenvalue weighted by molar-refractivity contribution is 0.598. The first kappa shape index (κ1) is 10.2. The molecule has 2 heteroatoms. The first-order valence-corrected chi connectivity index (χ1v) is 4.73. The molecule has 13 heavy (non-hydrogen) atoms. The molecule has 72 valence electrons. The van der Waals surface area contributed by atoms with Crippen molar-refractivity contribution in [3.63, 3.8) is 0 Å². The van der Waals surface area contributed by atoms with E-state index in [0.29, 0.717) is 12.5 Å². The second kappa shape index (κ2) is 4.97. The van der Waals surface area contributed by atoms with Crippen LogP contribution in [0.15, 0.2) is 24.3 Å². The second-order valence-electron chi connectivity index (χ2n) is 3.28. The van der Waals surface area contributed by atoms with Crippen molar-refractivity contribution in [2.24, 2.45) is 5.73 Å². The van der Waals surface area contributed by atoms with Crippen molar-refractivity contribution in [2.45, 2.75) is 25.7 Å². The van der Waals surface area contributed by atoms with Gasteiger partial charge in [-0.2, -0.15) is 0 Å². The third-order valence-electron chi connectivity index (χ3n) is 2.24. The standard InChI is InChI=1S/C11H16FN/c1-2-4-10(8-13)9-5-3-6-11(12)7-9/h3,5-7,10H,2,4,8,13H2,1H3. The molecule has 0 fully saturated rings. The van der Waals surface area contributed by atoms with E-state index in [0.717, 1.165) is 18.4 Å². The summed E-state index contributed by atoms with van der Waals surface area (Å²) in [7, 11) is 0. The van der Waals surface area contributed by atoms with Crippen molar-refractivity contribution in [3.8, 4) is 0 Å². The Balaban J connectivity index is 2.78. The van der Waals surface area contributed by atoms with E-state index in [-0.39, 0.29) is 5.82 Å². The van der Waals surface area contributed by atoms with Crippen LogP contribution in [-0.2, 0) is 0 Å². The lowest BCUT2D eigenvalue weighted by Crippen LogP contribution is -2.12. The predicted octanol–water partition coefficient (Wildman–Crippen LogP) is 2.67. The van der Waals surface area contributed by atoms with Crippen LogP contribution >= 0.6 is 0 Å². The monoisotopic (exact) mass is 181 g/mol. The van der Waals surface area contributed by atoms with Crippen molar-refractivity contribution in [1.82, 2.24) is 0 Å². The van der Waals surface area contributed by atoms with Crippen molar-refractivity contribution >= 4 is 0 Å². The van der Waals surface area contributed by atoms with E-state index in [2.05, 4.69) is 6.92 Å². The summed E-state index contributed by atoms with van der Waals surface area (Å²) in [6.07, 6.45) is 2.11. The molecule has 0 radical (unpaired) electrons. The lowest BCUT2D eigenvalue weighted by Gasteiger charge is -2.13. The Morgan fingerprint density at radius 3 is 2.77 bits per heavy atom.